The van der Waals surface area contributed by atoms with Gasteiger partial charge in [0, 0.05) is 19.1 Å². The SMILES string of the molecule is OC1CCOCC1C1CCOC2(CCCCC2)C1. The van der Waals surface area contributed by atoms with E-state index in [2.05, 4.69) is 0 Å². The molecular weight excluding hydrogens is 228 g/mol. The second-order valence-corrected chi connectivity index (χ2v) is 6.44. The zero-order chi connectivity index (χ0) is 12.4. The van der Waals surface area contributed by atoms with Crippen LogP contribution in [0.2, 0.25) is 0 Å². The van der Waals surface area contributed by atoms with Crippen LogP contribution >= 0.6 is 0 Å². The number of aliphatic hydroxyl groups excluding tert-OH is 1. The maximum absolute atomic E-state index is 10.2. The van der Waals surface area contributed by atoms with E-state index in [4.69, 9.17) is 9.47 Å². The fraction of sp³-hybridized carbons (Fsp3) is 1.00. The van der Waals surface area contributed by atoms with E-state index in [1.165, 1.54) is 32.1 Å². The normalized spacial score (nSPS) is 40.8. The molecule has 104 valence electrons. The topological polar surface area (TPSA) is 38.7 Å². The molecule has 1 aliphatic carbocycles. The Hall–Kier alpha value is -0.120. The van der Waals surface area contributed by atoms with Gasteiger partial charge in [-0.3, -0.25) is 0 Å². The van der Waals surface area contributed by atoms with E-state index < -0.39 is 0 Å². The summed E-state index contributed by atoms with van der Waals surface area (Å²) in [7, 11) is 0. The molecule has 1 spiro atoms. The van der Waals surface area contributed by atoms with Gasteiger partial charge in [0.15, 0.2) is 0 Å². The summed E-state index contributed by atoms with van der Waals surface area (Å²) in [6.45, 7) is 2.36. The van der Waals surface area contributed by atoms with E-state index in [1.54, 1.807) is 0 Å². The van der Waals surface area contributed by atoms with Crippen LogP contribution in [0.15, 0.2) is 0 Å². The van der Waals surface area contributed by atoms with E-state index in [0.29, 0.717) is 11.8 Å². The highest BCUT2D eigenvalue weighted by Crippen LogP contribution is 2.44. The molecule has 3 atom stereocenters. The van der Waals surface area contributed by atoms with Gasteiger partial charge in [-0.25, -0.2) is 0 Å². The minimum Gasteiger partial charge on any atom is -0.393 e. The van der Waals surface area contributed by atoms with Gasteiger partial charge in [0.25, 0.3) is 0 Å². The lowest BCUT2D eigenvalue weighted by Crippen LogP contribution is -2.47. The molecule has 3 heteroatoms. The summed E-state index contributed by atoms with van der Waals surface area (Å²) >= 11 is 0. The van der Waals surface area contributed by atoms with Gasteiger partial charge in [-0.05, 0) is 38.0 Å². The summed E-state index contributed by atoms with van der Waals surface area (Å²) in [6, 6.07) is 0. The quantitative estimate of drug-likeness (QED) is 0.781. The largest absolute Gasteiger partial charge is 0.393 e. The summed E-state index contributed by atoms with van der Waals surface area (Å²) in [4.78, 5) is 0. The van der Waals surface area contributed by atoms with Gasteiger partial charge in [0.05, 0.1) is 18.3 Å². The van der Waals surface area contributed by atoms with Crippen LogP contribution < -0.4 is 0 Å². The van der Waals surface area contributed by atoms with Crippen LogP contribution in [0.25, 0.3) is 0 Å². The smallest absolute Gasteiger partial charge is 0.0685 e. The van der Waals surface area contributed by atoms with Crippen molar-refractivity contribution in [1.82, 2.24) is 0 Å². The molecule has 1 N–H and O–H groups in total. The van der Waals surface area contributed by atoms with Crippen LogP contribution in [-0.2, 0) is 9.47 Å². The summed E-state index contributed by atoms with van der Waals surface area (Å²) in [5.74, 6) is 0.952. The predicted molar refractivity (Wildman–Crippen MR) is 69.4 cm³/mol. The Morgan fingerprint density at radius 1 is 1.00 bits per heavy atom. The lowest BCUT2D eigenvalue weighted by atomic mass is 9.71. The Morgan fingerprint density at radius 3 is 2.61 bits per heavy atom. The second-order valence-electron chi connectivity index (χ2n) is 6.44. The molecule has 2 aliphatic heterocycles. The third kappa shape index (κ3) is 2.59. The monoisotopic (exact) mass is 254 g/mol. The van der Waals surface area contributed by atoms with Gasteiger partial charge in [-0.1, -0.05) is 19.3 Å². The molecular formula is C15H26O3. The minimum absolute atomic E-state index is 0.150. The molecule has 0 aromatic heterocycles. The lowest BCUT2D eigenvalue weighted by molar-refractivity contribution is -0.147. The van der Waals surface area contributed by atoms with Gasteiger partial charge in [-0.2, -0.15) is 0 Å². The number of ether oxygens (including phenoxy) is 2. The molecule has 3 unspecified atom stereocenters. The summed E-state index contributed by atoms with van der Waals surface area (Å²) < 4.78 is 11.7. The lowest BCUT2D eigenvalue weighted by Gasteiger charge is -2.47. The van der Waals surface area contributed by atoms with Crippen molar-refractivity contribution >= 4 is 0 Å². The number of hydrogen-bond donors (Lipinski definition) is 1. The molecule has 2 saturated heterocycles. The van der Waals surface area contributed by atoms with Crippen LogP contribution in [0, 0.1) is 11.8 Å². The van der Waals surface area contributed by atoms with Crippen LogP contribution in [0.5, 0.6) is 0 Å². The van der Waals surface area contributed by atoms with Crippen molar-refractivity contribution in [1.29, 1.82) is 0 Å². The van der Waals surface area contributed by atoms with Gasteiger partial charge in [-0.15, -0.1) is 0 Å². The molecule has 3 fully saturated rings. The fourth-order valence-corrected chi connectivity index (χ4v) is 4.17. The number of aliphatic hydroxyl groups is 1. The molecule has 2 heterocycles. The standard InChI is InChI=1S/C15H26O3/c16-14-5-8-17-11-13(14)12-4-9-18-15(10-12)6-2-1-3-7-15/h12-14,16H,1-11H2. The Bertz CT molecular complexity index is 267. The zero-order valence-corrected chi connectivity index (χ0v) is 11.3. The number of rotatable bonds is 1. The van der Waals surface area contributed by atoms with E-state index in [1.807, 2.05) is 0 Å². The van der Waals surface area contributed by atoms with Gasteiger partial charge >= 0.3 is 0 Å². The van der Waals surface area contributed by atoms with Gasteiger partial charge in [0.2, 0.25) is 0 Å². The van der Waals surface area contributed by atoms with Crippen molar-refractivity contribution in [2.24, 2.45) is 11.8 Å². The highest BCUT2D eigenvalue weighted by atomic mass is 16.5. The first-order valence-corrected chi connectivity index (χ1v) is 7.69. The van der Waals surface area contributed by atoms with Crippen molar-refractivity contribution in [3.8, 4) is 0 Å². The summed E-state index contributed by atoms with van der Waals surface area (Å²) in [5, 5.41) is 10.2. The van der Waals surface area contributed by atoms with Gasteiger partial charge < -0.3 is 14.6 Å². The molecule has 0 aromatic carbocycles. The highest BCUT2D eigenvalue weighted by molar-refractivity contribution is 4.93. The second kappa shape index (κ2) is 5.48. The molecule has 18 heavy (non-hydrogen) atoms. The van der Waals surface area contributed by atoms with E-state index >= 15 is 0 Å². The Kier molecular flexibility index (Phi) is 3.92. The fourth-order valence-electron chi connectivity index (χ4n) is 4.17. The molecule has 1 saturated carbocycles. The molecule has 0 aromatic rings. The predicted octanol–water partition coefficient (Wildman–Crippen LogP) is 2.51. The zero-order valence-electron chi connectivity index (χ0n) is 11.3. The first-order chi connectivity index (χ1) is 8.79. The van der Waals surface area contributed by atoms with Crippen molar-refractivity contribution in [3.05, 3.63) is 0 Å². The molecule has 0 amide bonds. The Labute approximate surface area is 110 Å². The van der Waals surface area contributed by atoms with Crippen LogP contribution in [0.4, 0.5) is 0 Å². The molecule has 0 radical (unpaired) electrons. The van der Waals surface area contributed by atoms with E-state index in [-0.39, 0.29) is 11.7 Å². The van der Waals surface area contributed by atoms with Gasteiger partial charge in [0.1, 0.15) is 0 Å². The van der Waals surface area contributed by atoms with Crippen LogP contribution in [0.1, 0.15) is 51.4 Å². The highest BCUT2D eigenvalue weighted by Gasteiger charge is 2.42. The minimum atomic E-state index is -0.150. The maximum Gasteiger partial charge on any atom is 0.0685 e. The third-order valence-corrected chi connectivity index (χ3v) is 5.26. The Morgan fingerprint density at radius 2 is 1.83 bits per heavy atom. The van der Waals surface area contributed by atoms with Crippen molar-refractivity contribution < 1.29 is 14.6 Å². The molecule has 0 bridgehead atoms. The van der Waals surface area contributed by atoms with Crippen molar-refractivity contribution in [2.75, 3.05) is 19.8 Å². The Balaban J connectivity index is 1.65. The van der Waals surface area contributed by atoms with Crippen molar-refractivity contribution in [2.45, 2.75) is 63.1 Å². The summed E-state index contributed by atoms with van der Waals surface area (Å²) in [5.41, 5.74) is 0.151. The van der Waals surface area contributed by atoms with E-state index in [0.717, 1.165) is 39.1 Å². The molecule has 3 aliphatic rings. The third-order valence-electron chi connectivity index (χ3n) is 5.26. The first-order valence-electron chi connectivity index (χ1n) is 7.69. The van der Waals surface area contributed by atoms with E-state index in [9.17, 15) is 5.11 Å². The summed E-state index contributed by atoms with van der Waals surface area (Å²) in [6.07, 6.45) is 9.38. The number of hydrogen-bond acceptors (Lipinski definition) is 3. The maximum atomic E-state index is 10.2. The molecule has 3 rings (SSSR count). The first kappa shape index (κ1) is 12.9. The van der Waals surface area contributed by atoms with Crippen LogP contribution in [0.3, 0.4) is 0 Å². The average molecular weight is 254 g/mol. The van der Waals surface area contributed by atoms with Crippen LogP contribution in [-0.4, -0.2) is 36.6 Å². The average Bonchev–Trinajstić information content (AvgIpc) is 2.40. The molecule has 3 nitrogen and oxygen atoms in total. The van der Waals surface area contributed by atoms with Crippen molar-refractivity contribution in [3.63, 3.8) is 0 Å².